The Balaban J connectivity index is 4.49. The van der Waals surface area contributed by atoms with E-state index in [1.807, 2.05) is 0 Å². The molecule has 0 aromatic carbocycles. The van der Waals surface area contributed by atoms with Crippen molar-refractivity contribution in [2.24, 2.45) is 0 Å². The maximum absolute atomic E-state index is 12.9. The van der Waals surface area contributed by atoms with E-state index >= 15 is 0 Å². The number of hydrogen-bond acceptors (Lipinski definition) is 6. The Kier molecular flexibility index (Phi) is 63.8. The lowest BCUT2D eigenvalue weighted by molar-refractivity contribution is -0.167. The Morgan fingerprint density at radius 1 is 0.263 bits per heavy atom. The quantitative estimate of drug-likeness (QED) is 0.0261. The van der Waals surface area contributed by atoms with E-state index in [4.69, 9.17) is 14.2 Å². The summed E-state index contributed by atoms with van der Waals surface area (Å²) in [6, 6.07) is 0. The van der Waals surface area contributed by atoms with E-state index < -0.39 is 6.10 Å². The van der Waals surface area contributed by atoms with Gasteiger partial charge in [0, 0.05) is 19.3 Å². The number of esters is 3. The lowest BCUT2D eigenvalue weighted by Gasteiger charge is -2.18. The van der Waals surface area contributed by atoms with Crippen molar-refractivity contribution in [3.63, 3.8) is 0 Å². The fourth-order valence-corrected chi connectivity index (χ4v) is 9.15. The minimum atomic E-state index is -0.812. The van der Waals surface area contributed by atoms with Crippen LogP contribution >= 0.6 is 0 Å². The van der Waals surface area contributed by atoms with E-state index in [0.717, 1.165) is 109 Å². The van der Waals surface area contributed by atoms with Gasteiger partial charge in [-0.15, -0.1) is 0 Å². The molecule has 6 heteroatoms. The van der Waals surface area contributed by atoms with E-state index in [1.54, 1.807) is 0 Å². The van der Waals surface area contributed by atoms with Crippen molar-refractivity contribution in [3.05, 3.63) is 122 Å². The van der Waals surface area contributed by atoms with E-state index in [9.17, 15) is 14.4 Å². The number of rotatable bonds is 60. The van der Waals surface area contributed by atoms with Gasteiger partial charge in [0.2, 0.25) is 0 Å². The summed E-state index contributed by atoms with van der Waals surface area (Å²) in [4.78, 5) is 38.4. The third-order valence-electron chi connectivity index (χ3n) is 14.2. The average molecular weight is 1110 g/mol. The molecule has 0 aliphatic heterocycles. The van der Waals surface area contributed by atoms with Gasteiger partial charge < -0.3 is 14.2 Å². The SMILES string of the molecule is CC/C=C\C/C=C\C/C=C\C/C=C\C/C=C\C/C=C\CCCCC(=O)OC(COC(=O)CCCCCCCCC/C=C\CCCCCCCCC)COC(=O)CCCCCCCCCC/C=C\C/C=C\C/C=C\CCCCCCC. The number of hydrogen-bond donors (Lipinski definition) is 0. The zero-order chi connectivity index (χ0) is 57.8. The summed E-state index contributed by atoms with van der Waals surface area (Å²) in [5.74, 6) is -0.950. The van der Waals surface area contributed by atoms with Crippen molar-refractivity contribution in [3.8, 4) is 0 Å². The van der Waals surface area contributed by atoms with Gasteiger partial charge in [-0.3, -0.25) is 14.4 Å². The first-order valence-corrected chi connectivity index (χ1v) is 33.5. The minimum Gasteiger partial charge on any atom is -0.462 e. The van der Waals surface area contributed by atoms with Gasteiger partial charge in [-0.05, 0) is 135 Å². The molecule has 0 fully saturated rings. The first-order chi connectivity index (χ1) is 39.5. The van der Waals surface area contributed by atoms with Gasteiger partial charge in [-0.25, -0.2) is 0 Å². The first kappa shape index (κ1) is 75.8. The summed E-state index contributed by atoms with van der Waals surface area (Å²) in [5, 5.41) is 0. The van der Waals surface area contributed by atoms with Crippen LogP contribution in [0.15, 0.2) is 122 Å². The van der Waals surface area contributed by atoms with Gasteiger partial charge in [0.25, 0.3) is 0 Å². The number of unbranched alkanes of at least 4 members (excludes halogenated alkanes) is 29. The molecule has 1 unspecified atom stereocenters. The topological polar surface area (TPSA) is 78.9 Å². The van der Waals surface area contributed by atoms with Crippen LogP contribution in [0.2, 0.25) is 0 Å². The lowest BCUT2D eigenvalue weighted by atomic mass is 10.1. The summed E-state index contributed by atoms with van der Waals surface area (Å²) in [6.07, 6.45) is 93.5. The molecule has 1 atom stereocenters. The smallest absolute Gasteiger partial charge is 0.306 e. The molecule has 0 aliphatic rings. The van der Waals surface area contributed by atoms with Crippen LogP contribution in [-0.2, 0) is 28.6 Å². The van der Waals surface area contributed by atoms with Crippen molar-refractivity contribution in [1.29, 1.82) is 0 Å². The van der Waals surface area contributed by atoms with Gasteiger partial charge in [-0.2, -0.15) is 0 Å². The minimum absolute atomic E-state index is 0.102. The van der Waals surface area contributed by atoms with Gasteiger partial charge in [0.15, 0.2) is 6.10 Å². The molecule has 0 rings (SSSR count). The van der Waals surface area contributed by atoms with Crippen LogP contribution in [0.3, 0.4) is 0 Å². The van der Waals surface area contributed by atoms with Crippen LogP contribution in [0.25, 0.3) is 0 Å². The monoisotopic (exact) mass is 1110 g/mol. The van der Waals surface area contributed by atoms with Crippen molar-refractivity contribution in [2.45, 2.75) is 316 Å². The van der Waals surface area contributed by atoms with E-state index in [1.165, 1.54) is 154 Å². The van der Waals surface area contributed by atoms with Gasteiger partial charge in [0.1, 0.15) is 13.2 Å². The van der Waals surface area contributed by atoms with E-state index in [2.05, 4.69) is 142 Å². The Labute approximate surface area is 494 Å². The second-order valence-corrected chi connectivity index (χ2v) is 22.0. The van der Waals surface area contributed by atoms with Crippen LogP contribution in [0, 0.1) is 0 Å². The molecular weight excluding hydrogens is 985 g/mol. The highest BCUT2D eigenvalue weighted by Gasteiger charge is 2.19. The summed E-state index contributed by atoms with van der Waals surface area (Å²) in [7, 11) is 0. The van der Waals surface area contributed by atoms with Crippen molar-refractivity contribution in [2.75, 3.05) is 13.2 Å². The Bertz CT molecular complexity index is 1650. The predicted octanol–water partition coefficient (Wildman–Crippen LogP) is 23.2. The highest BCUT2D eigenvalue weighted by Crippen LogP contribution is 2.15. The maximum Gasteiger partial charge on any atom is 0.306 e. The number of carbonyl (C=O) groups excluding carboxylic acids is 3. The normalized spacial score (nSPS) is 12.9. The highest BCUT2D eigenvalue weighted by molar-refractivity contribution is 5.71. The Morgan fingerprint density at radius 3 is 0.800 bits per heavy atom. The van der Waals surface area contributed by atoms with Gasteiger partial charge in [0.05, 0.1) is 0 Å². The molecule has 456 valence electrons. The van der Waals surface area contributed by atoms with Crippen molar-refractivity contribution in [1.82, 2.24) is 0 Å². The Hall–Kier alpha value is -4.19. The molecule has 6 nitrogen and oxygen atoms in total. The van der Waals surface area contributed by atoms with Gasteiger partial charge in [-0.1, -0.05) is 277 Å². The maximum atomic E-state index is 12.9. The third-order valence-corrected chi connectivity index (χ3v) is 14.2. The van der Waals surface area contributed by atoms with E-state index in [0.29, 0.717) is 19.3 Å². The average Bonchev–Trinajstić information content (AvgIpc) is 3.46. The van der Waals surface area contributed by atoms with Gasteiger partial charge >= 0.3 is 17.9 Å². The summed E-state index contributed by atoms with van der Waals surface area (Å²) < 4.78 is 16.9. The van der Waals surface area contributed by atoms with Crippen LogP contribution in [0.1, 0.15) is 310 Å². The Morgan fingerprint density at radius 2 is 0.487 bits per heavy atom. The fourth-order valence-electron chi connectivity index (χ4n) is 9.15. The molecule has 0 amide bonds. The number of ether oxygens (including phenoxy) is 3. The second kappa shape index (κ2) is 67.3. The zero-order valence-electron chi connectivity index (χ0n) is 52.3. The fraction of sp³-hybridized carbons (Fsp3) is 0.689. The molecule has 0 aromatic heterocycles. The second-order valence-electron chi connectivity index (χ2n) is 22.0. The molecular formula is C74H124O6. The van der Waals surface area contributed by atoms with E-state index in [-0.39, 0.29) is 37.5 Å². The third kappa shape index (κ3) is 64.6. The molecule has 0 bridgehead atoms. The molecule has 0 spiro atoms. The molecule has 0 radical (unpaired) electrons. The van der Waals surface area contributed by atoms with Crippen molar-refractivity contribution >= 4 is 17.9 Å². The van der Waals surface area contributed by atoms with Crippen molar-refractivity contribution < 1.29 is 28.6 Å². The van der Waals surface area contributed by atoms with Crippen LogP contribution in [0.4, 0.5) is 0 Å². The van der Waals surface area contributed by atoms with Crippen LogP contribution in [-0.4, -0.2) is 37.2 Å². The molecule has 0 aliphatic carbocycles. The summed E-state index contributed by atoms with van der Waals surface area (Å²) >= 11 is 0. The van der Waals surface area contributed by atoms with Crippen LogP contribution in [0.5, 0.6) is 0 Å². The molecule has 80 heavy (non-hydrogen) atoms. The largest absolute Gasteiger partial charge is 0.462 e. The first-order valence-electron chi connectivity index (χ1n) is 33.5. The molecule has 0 N–H and O–H groups in total. The van der Waals surface area contributed by atoms with Crippen LogP contribution < -0.4 is 0 Å². The lowest BCUT2D eigenvalue weighted by Crippen LogP contribution is -2.30. The number of carbonyl (C=O) groups is 3. The standard InChI is InChI=1S/C74H124O6/c1-4-7-10-13-16-19-22-25-28-31-34-36-37-39-40-43-46-49-52-55-58-61-64-67-73(76)79-70-71(69-78-72(75)66-63-60-57-54-51-48-45-42-33-30-27-24-21-18-15-12-9-6-3)80-74(77)68-65-62-59-56-53-50-47-44-41-38-35-32-29-26-23-20-17-14-11-8-5-2/h8,11,17,20,22,25-26,29-31,33-35,37-39,44,47,53,56,71H,4-7,9-10,12-16,18-19,21,23-24,27-28,32,36,40-43,45-46,48-52,54-55,57-70H2,1-3H3/b11-8-,20-17-,25-22-,29-26-,33-30-,34-31-,38-35-,39-37-,47-44-,56-53-. The predicted molar refractivity (Wildman–Crippen MR) is 348 cm³/mol. The number of allylic oxidation sites excluding steroid dienone is 20. The molecule has 0 aromatic rings. The summed E-state index contributed by atoms with van der Waals surface area (Å²) in [6.45, 7) is 6.49. The molecule has 0 heterocycles. The molecule has 0 saturated carbocycles. The summed E-state index contributed by atoms with van der Waals surface area (Å²) in [5.41, 5.74) is 0. The highest BCUT2D eigenvalue weighted by atomic mass is 16.6. The zero-order valence-corrected chi connectivity index (χ0v) is 52.3. The molecule has 0 saturated heterocycles.